The van der Waals surface area contributed by atoms with Gasteiger partial charge in [-0.3, -0.25) is 4.79 Å². The lowest BCUT2D eigenvalue weighted by molar-refractivity contribution is -0.121. The van der Waals surface area contributed by atoms with Crippen LogP contribution < -0.4 is 5.32 Å². The van der Waals surface area contributed by atoms with E-state index in [1.54, 1.807) is 0 Å². The zero-order chi connectivity index (χ0) is 17.2. The quantitative estimate of drug-likeness (QED) is 0.738. The third kappa shape index (κ3) is 4.37. The van der Waals surface area contributed by atoms with Gasteiger partial charge in [0.1, 0.15) is 0 Å². The molecule has 1 aromatic carbocycles. The zero-order valence-electron chi connectivity index (χ0n) is 15.7. The Kier molecular flexibility index (Phi) is 5.54. The molecule has 2 nitrogen and oxygen atoms in total. The number of nitrogens with one attached hydrogen (secondary N) is 1. The molecular weight excluding hydrogens is 282 g/mol. The predicted octanol–water partition coefficient (Wildman–Crippen LogP) is 5.91. The largest absolute Gasteiger partial charge is 0.325 e. The fourth-order valence-electron chi connectivity index (χ4n) is 3.79. The van der Waals surface area contributed by atoms with Crippen LogP contribution in [0.15, 0.2) is 18.2 Å². The first-order valence-electron chi connectivity index (χ1n) is 9.10. The SMILES string of the molecule is Cc1cccc(C(C)C)c1NC(=O)C1CCC(C(C)(C)C)CC1. The molecule has 1 saturated carbocycles. The van der Waals surface area contributed by atoms with Crippen LogP contribution in [0.5, 0.6) is 0 Å². The molecule has 0 bridgehead atoms. The summed E-state index contributed by atoms with van der Waals surface area (Å²) in [5.74, 6) is 1.56. The highest BCUT2D eigenvalue weighted by molar-refractivity contribution is 5.94. The lowest BCUT2D eigenvalue weighted by Crippen LogP contribution is -2.31. The van der Waals surface area contributed by atoms with Crippen molar-refractivity contribution in [1.29, 1.82) is 0 Å². The number of rotatable bonds is 3. The second kappa shape index (κ2) is 7.07. The molecule has 0 radical (unpaired) electrons. The van der Waals surface area contributed by atoms with Gasteiger partial charge in [-0.1, -0.05) is 52.8 Å². The minimum absolute atomic E-state index is 0.174. The molecule has 1 fully saturated rings. The van der Waals surface area contributed by atoms with Crippen LogP contribution in [0.25, 0.3) is 0 Å². The van der Waals surface area contributed by atoms with Crippen LogP contribution in [0.3, 0.4) is 0 Å². The molecule has 0 spiro atoms. The second-order valence-corrected chi connectivity index (χ2v) is 8.60. The topological polar surface area (TPSA) is 29.1 Å². The third-order valence-corrected chi connectivity index (χ3v) is 5.50. The first-order valence-corrected chi connectivity index (χ1v) is 9.10. The van der Waals surface area contributed by atoms with E-state index in [-0.39, 0.29) is 11.8 Å². The van der Waals surface area contributed by atoms with E-state index in [0.29, 0.717) is 11.3 Å². The van der Waals surface area contributed by atoms with Crippen molar-refractivity contribution in [3.05, 3.63) is 29.3 Å². The molecule has 1 aliphatic carbocycles. The Bertz CT molecular complexity index is 545. The molecule has 0 saturated heterocycles. The van der Waals surface area contributed by atoms with Crippen LogP contribution in [-0.4, -0.2) is 5.91 Å². The predicted molar refractivity (Wildman–Crippen MR) is 98.8 cm³/mol. The number of carbonyl (C=O) groups excluding carboxylic acids is 1. The fourth-order valence-corrected chi connectivity index (χ4v) is 3.79. The maximum absolute atomic E-state index is 12.7. The molecule has 128 valence electrons. The summed E-state index contributed by atoms with van der Waals surface area (Å²) in [5, 5.41) is 3.24. The Hall–Kier alpha value is -1.31. The number of para-hydroxylation sites is 1. The van der Waals surface area contributed by atoms with Gasteiger partial charge in [-0.05, 0) is 61.0 Å². The van der Waals surface area contributed by atoms with Crippen molar-refractivity contribution in [2.75, 3.05) is 5.32 Å². The summed E-state index contributed by atoms with van der Waals surface area (Å²) in [6.07, 6.45) is 4.39. The van der Waals surface area contributed by atoms with Crippen LogP contribution in [0, 0.1) is 24.2 Å². The van der Waals surface area contributed by atoms with Gasteiger partial charge in [0.2, 0.25) is 5.91 Å². The highest BCUT2D eigenvalue weighted by atomic mass is 16.1. The van der Waals surface area contributed by atoms with Crippen LogP contribution in [0.1, 0.15) is 77.3 Å². The second-order valence-electron chi connectivity index (χ2n) is 8.60. The van der Waals surface area contributed by atoms with E-state index in [1.165, 1.54) is 18.4 Å². The smallest absolute Gasteiger partial charge is 0.227 e. The number of carbonyl (C=O) groups is 1. The minimum atomic E-state index is 0.174. The number of anilines is 1. The Labute approximate surface area is 142 Å². The average molecular weight is 316 g/mol. The Morgan fingerprint density at radius 2 is 1.74 bits per heavy atom. The highest BCUT2D eigenvalue weighted by Crippen LogP contribution is 2.40. The maximum atomic E-state index is 12.7. The lowest BCUT2D eigenvalue weighted by Gasteiger charge is -2.36. The van der Waals surface area contributed by atoms with Gasteiger partial charge in [0.25, 0.3) is 0 Å². The van der Waals surface area contributed by atoms with Gasteiger partial charge < -0.3 is 5.32 Å². The van der Waals surface area contributed by atoms with Crippen molar-refractivity contribution in [3.8, 4) is 0 Å². The van der Waals surface area contributed by atoms with Crippen molar-refractivity contribution in [2.24, 2.45) is 17.3 Å². The molecule has 1 amide bonds. The molecule has 1 N–H and O–H groups in total. The van der Waals surface area contributed by atoms with Crippen molar-refractivity contribution in [3.63, 3.8) is 0 Å². The van der Waals surface area contributed by atoms with E-state index in [1.807, 2.05) is 0 Å². The third-order valence-electron chi connectivity index (χ3n) is 5.50. The molecule has 23 heavy (non-hydrogen) atoms. The number of amides is 1. The molecule has 2 heteroatoms. The van der Waals surface area contributed by atoms with E-state index in [0.717, 1.165) is 30.0 Å². The molecule has 2 rings (SSSR count). The number of aryl methyl sites for hydroxylation is 1. The van der Waals surface area contributed by atoms with Crippen LogP contribution in [0.4, 0.5) is 5.69 Å². The van der Waals surface area contributed by atoms with E-state index in [4.69, 9.17) is 0 Å². The molecular formula is C21H33NO. The maximum Gasteiger partial charge on any atom is 0.227 e. The van der Waals surface area contributed by atoms with Crippen molar-refractivity contribution in [1.82, 2.24) is 0 Å². The van der Waals surface area contributed by atoms with Crippen molar-refractivity contribution < 1.29 is 4.79 Å². The van der Waals surface area contributed by atoms with Crippen LogP contribution >= 0.6 is 0 Å². The van der Waals surface area contributed by atoms with Gasteiger partial charge in [-0.2, -0.15) is 0 Å². The lowest BCUT2D eigenvalue weighted by atomic mass is 9.69. The molecule has 0 heterocycles. The first-order chi connectivity index (χ1) is 10.7. The first kappa shape index (κ1) is 18.0. The molecule has 0 unspecified atom stereocenters. The molecule has 0 aliphatic heterocycles. The van der Waals surface area contributed by atoms with E-state index in [2.05, 4.69) is 65.1 Å². The van der Waals surface area contributed by atoms with Crippen LogP contribution in [-0.2, 0) is 4.79 Å². The standard InChI is InChI=1S/C21H33NO/c1-14(2)18-9-7-8-15(3)19(18)22-20(23)16-10-12-17(13-11-16)21(4,5)6/h7-9,14,16-17H,10-13H2,1-6H3,(H,22,23). The van der Waals surface area contributed by atoms with Crippen LogP contribution in [0.2, 0.25) is 0 Å². The van der Waals surface area contributed by atoms with Gasteiger partial charge in [0.15, 0.2) is 0 Å². The van der Waals surface area contributed by atoms with E-state index < -0.39 is 0 Å². The van der Waals surface area contributed by atoms with Gasteiger partial charge in [-0.15, -0.1) is 0 Å². The van der Waals surface area contributed by atoms with Crippen molar-refractivity contribution >= 4 is 11.6 Å². The Morgan fingerprint density at radius 3 is 2.26 bits per heavy atom. The molecule has 1 aliphatic rings. The monoisotopic (exact) mass is 315 g/mol. The Morgan fingerprint density at radius 1 is 1.13 bits per heavy atom. The molecule has 1 aromatic rings. The number of hydrogen-bond acceptors (Lipinski definition) is 1. The van der Waals surface area contributed by atoms with E-state index >= 15 is 0 Å². The van der Waals surface area contributed by atoms with Gasteiger partial charge in [-0.25, -0.2) is 0 Å². The molecule has 0 atom stereocenters. The summed E-state index contributed by atoms with van der Waals surface area (Å²) in [7, 11) is 0. The minimum Gasteiger partial charge on any atom is -0.325 e. The summed E-state index contributed by atoms with van der Waals surface area (Å²) in [6, 6.07) is 6.29. The van der Waals surface area contributed by atoms with Gasteiger partial charge in [0.05, 0.1) is 0 Å². The summed E-state index contributed by atoms with van der Waals surface area (Å²) in [5.41, 5.74) is 3.79. The highest BCUT2D eigenvalue weighted by Gasteiger charge is 2.32. The Balaban J connectivity index is 2.04. The summed E-state index contributed by atoms with van der Waals surface area (Å²) in [6.45, 7) is 13.4. The molecule has 0 aromatic heterocycles. The zero-order valence-corrected chi connectivity index (χ0v) is 15.7. The van der Waals surface area contributed by atoms with Crippen molar-refractivity contribution in [2.45, 2.75) is 73.1 Å². The van der Waals surface area contributed by atoms with Gasteiger partial charge >= 0.3 is 0 Å². The normalized spacial score (nSPS) is 22.2. The summed E-state index contributed by atoms with van der Waals surface area (Å²) >= 11 is 0. The average Bonchev–Trinajstić information content (AvgIpc) is 2.48. The number of hydrogen-bond donors (Lipinski definition) is 1. The summed E-state index contributed by atoms with van der Waals surface area (Å²) < 4.78 is 0. The fraction of sp³-hybridized carbons (Fsp3) is 0.667. The summed E-state index contributed by atoms with van der Waals surface area (Å²) in [4.78, 5) is 12.7. The van der Waals surface area contributed by atoms with Gasteiger partial charge in [0, 0.05) is 11.6 Å². The van der Waals surface area contributed by atoms with E-state index in [9.17, 15) is 4.79 Å². The number of benzene rings is 1.